The summed E-state index contributed by atoms with van der Waals surface area (Å²) in [7, 11) is 0. The lowest BCUT2D eigenvalue weighted by Gasteiger charge is -2.09. The molecule has 0 spiro atoms. The molecule has 5 heteroatoms. The Hall–Kier alpha value is -1.75. The summed E-state index contributed by atoms with van der Waals surface area (Å²) in [5.74, 6) is -0.276. The predicted molar refractivity (Wildman–Crippen MR) is 63.6 cm³/mol. The first-order chi connectivity index (χ1) is 8.26. The first-order valence-electron chi connectivity index (χ1n) is 5.63. The monoisotopic (exact) mass is 234 g/mol. The summed E-state index contributed by atoms with van der Waals surface area (Å²) in [5.41, 5.74) is 8.13. The number of aryl methyl sites for hydroxylation is 1. The van der Waals surface area contributed by atoms with E-state index in [1.54, 1.807) is 16.9 Å². The summed E-state index contributed by atoms with van der Waals surface area (Å²) >= 11 is 0. The smallest absolute Gasteiger partial charge is 0.123 e. The highest BCUT2D eigenvalue weighted by atomic mass is 19.1. The van der Waals surface area contributed by atoms with Crippen LogP contribution in [0.25, 0.3) is 11.3 Å². The predicted octanol–water partition coefficient (Wildman–Crippen LogP) is 1.95. The Kier molecular flexibility index (Phi) is 3.49. The molecule has 90 valence electrons. The van der Waals surface area contributed by atoms with Crippen LogP contribution in [0.5, 0.6) is 0 Å². The third kappa shape index (κ3) is 2.34. The van der Waals surface area contributed by atoms with Gasteiger partial charge in [-0.1, -0.05) is 18.2 Å². The largest absolute Gasteiger partial charge is 0.326 e. The molecule has 0 unspecified atom stereocenters. The van der Waals surface area contributed by atoms with Crippen molar-refractivity contribution < 1.29 is 4.39 Å². The number of aromatic nitrogens is 3. The number of nitrogens with zero attached hydrogens (tertiary/aromatic N) is 3. The lowest BCUT2D eigenvalue weighted by Crippen LogP contribution is -2.05. The molecule has 1 aromatic carbocycles. The van der Waals surface area contributed by atoms with Crippen LogP contribution < -0.4 is 5.73 Å². The van der Waals surface area contributed by atoms with Gasteiger partial charge in [0.1, 0.15) is 5.82 Å². The quantitative estimate of drug-likeness (QED) is 0.879. The molecule has 17 heavy (non-hydrogen) atoms. The molecule has 0 saturated carbocycles. The van der Waals surface area contributed by atoms with Crippen molar-refractivity contribution in [1.82, 2.24) is 15.0 Å². The average Bonchev–Trinajstić information content (AvgIpc) is 2.77. The Morgan fingerprint density at radius 2 is 2.24 bits per heavy atom. The molecule has 2 aromatic rings. The van der Waals surface area contributed by atoms with Gasteiger partial charge < -0.3 is 5.73 Å². The Bertz CT molecular complexity index is 507. The van der Waals surface area contributed by atoms with Crippen LogP contribution >= 0.6 is 0 Å². The van der Waals surface area contributed by atoms with Crippen LogP contribution in [0.3, 0.4) is 0 Å². The maximum absolute atomic E-state index is 13.3. The van der Waals surface area contributed by atoms with Crippen molar-refractivity contribution in [1.29, 1.82) is 0 Å². The normalized spacial score (nSPS) is 10.8. The van der Waals surface area contributed by atoms with Crippen LogP contribution in [0.2, 0.25) is 0 Å². The van der Waals surface area contributed by atoms with Gasteiger partial charge in [0.25, 0.3) is 0 Å². The van der Waals surface area contributed by atoms with Crippen LogP contribution in [0.15, 0.2) is 24.4 Å². The molecule has 0 radical (unpaired) electrons. The molecular weight excluding hydrogens is 219 g/mol. The molecule has 1 heterocycles. The van der Waals surface area contributed by atoms with E-state index >= 15 is 0 Å². The van der Waals surface area contributed by atoms with Gasteiger partial charge in [0, 0.05) is 18.7 Å². The average molecular weight is 234 g/mol. The van der Waals surface area contributed by atoms with Gasteiger partial charge in [-0.2, -0.15) is 0 Å². The summed E-state index contributed by atoms with van der Waals surface area (Å²) in [6, 6.07) is 4.60. The topological polar surface area (TPSA) is 56.7 Å². The van der Waals surface area contributed by atoms with E-state index in [0.717, 1.165) is 29.8 Å². The lowest BCUT2D eigenvalue weighted by atomic mass is 10.0. The second-order valence-corrected chi connectivity index (χ2v) is 3.85. The minimum atomic E-state index is -0.276. The van der Waals surface area contributed by atoms with Crippen molar-refractivity contribution in [2.45, 2.75) is 26.4 Å². The van der Waals surface area contributed by atoms with E-state index in [4.69, 9.17) is 5.73 Å². The second-order valence-electron chi connectivity index (χ2n) is 3.85. The zero-order chi connectivity index (χ0) is 12.3. The van der Waals surface area contributed by atoms with Crippen molar-refractivity contribution in [3.05, 3.63) is 35.8 Å². The van der Waals surface area contributed by atoms with Crippen LogP contribution in [-0.2, 0) is 13.1 Å². The summed E-state index contributed by atoms with van der Waals surface area (Å²) in [4.78, 5) is 0. The Balaban J connectivity index is 2.51. The van der Waals surface area contributed by atoms with Gasteiger partial charge in [-0.05, 0) is 24.1 Å². The third-order valence-corrected chi connectivity index (χ3v) is 2.62. The number of nitrogens with two attached hydrogens (primary N) is 1. The van der Waals surface area contributed by atoms with E-state index in [2.05, 4.69) is 17.2 Å². The number of benzene rings is 1. The zero-order valence-corrected chi connectivity index (χ0v) is 9.73. The minimum Gasteiger partial charge on any atom is -0.326 e. The van der Waals surface area contributed by atoms with Crippen molar-refractivity contribution >= 4 is 0 Å². The summed E-state index contributed by atoms with van der Waals surface area (Å²) < 4.78 is 15.1. The van der Waals surface area contributed by atoms with Gasteiger partial charge in [-0.25, -0.2) is 9.07 Å². The molecule has 2 N–H and O–H groups in total. The maximum atomic E-state index is 13.3. The molecule has 1 aromatic heterocycles. The van der Waals surface area contributed by atoms with E-state index in [1.165, 1.54) is 12.1 Å². The molecule has 0 bridgehead atoms. The maximum Gasteiger partial charge on any atom is 0.123 e. The van der Waals surface area contributed by atoms with E-state index in [1.807, 2.05) is 0 Å². The Labute approximate surface area is 99.2 Å². The SMILES string of the molecule is CCCn1nncc1-c1cc(F)ccc1CN. The van der Waals surface area contributed by atoms with E-state index in [-0.39, 0.29) is 5.82 Å². The number of halogens is 1. The highest BCUT2D eigenvalue weighted by Crippen LogP contribution is 2.23. The number of hydrogen-bond acceptors (Lipinski definition) is 3. The first kappa shape index (κ1) is 11.7. The van der Waals surface area contributed by atoms with Gasteiger partial charge >= 0.3 is 0 Å². The zero-order valence-electron chi connectivity index (χ0n) is 9.73. The molecule has 0 aliphatic rings. The van der Waals surface area contributed by atoms with Crippen LogP contribution in [0.4, 0.5) is 4.39 Å². The Morgan fingerprint density at radius 3 is 2.94 bits per heavy atom. The van der Waals surface area contributed by atoms with Crippen LogP contribution in [-0.4, -0.2) is 15.0 Å². The molecular formula is C12H15FN4. The second kappa shape index (κ2) is 5.05. The van der Waals surface area contributed by atoms with Crippen molar-refractivity contribution in [2.24, 2.45) is 5.73 Å². The third-order valence-electron chi connectivity index (χ3n) is 2.62. The van der Waals surface area contributed by atoms with E-state index < -0.39 is 0 Å². The fourth-order valence-electron chi connectivity index (χ4n) is 1.81. The first-order valence-corrected chi connectivity index (χ1v) is 5.63. The van der Waals surface area contributed by atoms with Gasteiger partial charge in [-0.3, -0.25) is 0 Å². The lowest BCUT2D eigenvalue weighted by molar-refractivity contribution is 0.583. The molecule has 0 saturated heterocycles. The van der Waals surface area contributed by atoms with Crippen molar-refractivity contribution in [2.75, 3.05) is 0 Å². The van der Waals surface area contributed by atoms with Gasteiger partial charge in [0.2, 0.25) is 0 Å². The van der Waals surface area contributed by atoms with E-state index in [0.29, 0.717) is 6.54 Å². The molecule has 4 nitrogen and oxygen atoms in total. The van der Waals surface area contributed by atoms with Gasteiger partial charge in [0.15, 0.2) is 0 Å². The van der Waals surface area contributed by atoms with Crippen molar-refractivity contribution in [3.63, 3.8) is 0 Å². The molecule has 0 aliphatic heterocycles. The molecule has 0 amide bonds. The molecule has 0 aliphatic carbocycles. The van der Waals surface area contributed by atoms with E-state index in [9.17, 15) is 4.39 Å². The standard InChI is InChI=1S/C12H15FN4/c1-2-5-17-12(8-15-16-17)11-6-10(13)4-3-9(11)7-14/h3-4,6,8H,2,5,7,14H2,1H3. The molecule has 0 fully saturated rings. The summed E-state index contributed by atoms with van der Waals surface area (Å²) in [6.45, 7) is 3.18. The van der Waals surface area contributed by atoms with Crippen LogP contribution in [0, 0.1) is 5.82 Å². The highest BCUT2D eigenvalue weighted by molar-refractivity contribution is 5.63. The van der Waals surface area contributed by atoms with Crippen LogP contribution in [0.1, 0.15) is 18.9 Å². The summed E-state index contributed by atoms with van der Waals surface area (Å²) in [6.07, 6.45) is 2.59. The fraction of sp³-hybridized carbons (Fsp3) is 0.333. The van der Waals surface area contributed by atoms with Gasteiger partial charge in [-0.15, -0.1) is 5.10 Å². The fourth-order valence-corrected chi connectivity index (χ4v) is 1.81. The summed E-state index contributed by atoms with van der Waals surface area (Å²) in [5, 5.41) is 7.86. The molecule has 0 atom stereocenters. The Morgan fingerprint density at radius 1 is 1.41 bits per heavy atom. The van der Waals surface area contributed by atoms with Gasteiger partial charge in [0.05, 0.1) is 11.9 Å². The number of hydrogen-bond donors (Lipinski definition) is 1. The molecule has 2 rings (SSSR count). The van der Waals surface area contributed by atoms with Crippen molar-refractivity contribution in [3.8, 4) is 11.3 Å². The number of rotatable bonds is 4. The minimum absolute atomic E-state index is 0.276. The highest BCUT2D eigenvalue weighted by Gasteiger charge is 2.11.